The summed E-state index contributed by atoms with van der Waals surface area (Å²) < 4.78 is 6.91. The van der Waals surface area contributed by atoms with E-state index < -0.39 is 0 Å². The monoisotopic (exact) mass is 699 g/mol. The van der Waals surface area contributed by atoms with E-state index in [9.17, 15) is 10.5 Å². The SMILES string of the molecule is N#Cc1cccc(-n2c3ccccc3c3c(-n4c5ccccc5c5ccccc54)cccc32)c1-c1ccccc1-n1c2ccccc2c2cccc(C#N)c21. The van der Waals surface area contributed by atoms with Crippen LogP contribution in [0, 0.1) is 22.7 Å². The Labute approximate surface area is 316 Å². The van der Waals surface area contributed by atoms with Gasteiger partial charge in [-0.3, -0.25) is 0 Å². The quantitative estimate of drug-likeness (QED) is 0.184. The van der Waals surface area contributed by atoms with Crippen LogP contribution in [0.1, 0.15) is 11.1 Å². The lowest BCUT2D eigenvalue weighted by molar-refractivity contribution is 1.15. The summed E-state index contributed by atoms with van der Waals surface area (Å²) in [5, 5.41) is 28.0. The average molecular weight is 700 g/mol. The number of nitriles is 2. The topological polar surface area (TPSA) is 62.4 Å². The van der Waals surface area contributed by atoms with Crippen molar-refractivity contribution in [2.75, 3.05) is 0 Å². The summed E-state index contributed by atoms with van der Waals surface area (Å²) in [6.45, 7) is 0. The molecule has 0 aliphatic heterocycles. The Bertz CT molecular complexity index is 3420. The molecule has 5 heteroatoms. The largest absolute Gasteiger partial charge is 0.309 e. The van der Waals surface area contributed by atoms with Crippen molar-refractivity contribution in [3.63, 3.8) is 0 Å². The van der Waals surface area contributed by atoms with Crippen molar-refractivity contribution in [1.29, 1.82) is 10.5 Å². The normalized spacial score (nSPS) is 11.6. The van der Waals surface area contributed by atoms with Gasteiger partial charge in [0.2, 0.25) is 0 Å². The molecule has 0 atom stereocenters. The van der Waals surface area contributed by atoms with Gasteiger partial charge in [-0.2, -0.15) is 10.5 Å². The summed E-state index contributed by atoms with van der Waals surface area (Å²) in [5.74, 6) is 0. The predicted octanol–water partition coefficient (Wildman–Crippen LogP) is 12.4. The van der Waals surface area contributed by atoms with Gasteiger partial charge < -0.3 is 13.7 Å². The van der Waals surface area contributed by atoms with Crippen LogP contribution in [0.4, 0.5) is 0 Å². The highest BCUT2D eigenvalue weighted by molar-refractivity contribution is 6.17. The Balaban J connectivity index is 1.25. The molecule has 0 fully saturated rings. The van der Waals surface area contributed by atoms with E-state index in [0.29, 0.717) is 11.1 Å². The van der Waals surface area contributed by atoms with Crippen LogP contribution >= 0.6 is 0 Å². The van der Waals surface area contributed by atoms with Crippen LogP contribution < -0.4 is 0 Å². The van der Waals surface area contributed by atoms with E-state index in [1.54, 1.807) is 0 Å². The Morgan fingerprint density at radius 1 is 0.327 bits per heavy atom. The second-order valence-corrected chi connectivity index (χ2v) is 13.9. The number of hydrogen-bond donors (Lipinski definition) is 0. The van der Waals surface area contributed by atoms with Gasteiger partial charge in [0.25, 0.3) is 0 Å². The Kier molecular flexibility index (Phi) is 6.61. The van der Waals surface area contributed by atoms with Gasteiger partial charge in [0.1, 0.15) is 6.07 Å². The highest BCUT2D eigenvalue weighted by Gasteiger charge is 2.24. The third-order valence-corrected chi connectivity index (χ3v) is 11.1. The summed E-state index contributed by atoms with van der Waals surface area (Å²) in [5.41, 5.74) is 12.0. The van der Waals surface area contributed by atoms with E-state index in [1.165, 1.54) is 10.8 Å². The minimum absolute atomic E-state index is 0.565. The second-order valence-electron chi connectivity index (χ2n) is 13.9. The van der Waals surface area contributed by atoms with Crippen LogP contribution in [0.15, 0.2) is 176 Å². The number of para-hydroxylation sites is 6. The first-order chi connectivity index (χ1) is 27.3. The van der Waals surface area contributed by atoms with Crippen molar-refractivity contribution in [2.45, 2.75) is 0 Å². The summed E-state index contributed by atoms with van der Waals surface area (Å²) in [7, 11) is 0. The first kappa shape index (κ1) is 30.7. The van der Waals surface area contributed by atoms with Crippen molar-refractivity contribution in [2.24, 2.45) is 0 Å². The number of fused-ring (bicyclic) bond motifs is 9. The molecule has 0 saturated carbocycles. The molecule has 0 saturated heterocycles. The summed E-state index contributed by atoms with van der Waals surface area (Å²) in [4.78, 5) is 0. The van der Waals surface area contributed by atoms with Crippen molar-refractivity contribution >= 4 is 65.4 Å². The molecule has 0 radical (unpaired) electrons. The van der Waals surface area contributed by atoms with Crippen LogP contribution in [0.2, 0.25) is 0 Å². The number of hydrogen-bond acceptors (Lipinski definition) is 2. The molecule has 0 N–H and O–H groups in total. The maximum atomic E-state index is 10.8. The predicted molar refractivity (Wildman–Crippen MR) is 224 cm³/mol. The fourth-order valence-electron chi connectivity index (χ4n) is 8.97. The molecule has 0 spiro atoms. The molecule has 0 bridgehead atoms. The molecule has 0 amide bonds. The molecule has 8 aromatic carbocycles. The van der Waals surface area contributed by atoms with E-state index in [4.69, 9.17) is 0 Å². The van der Waals surface area contributed by atoms with Crippen molar-refractivity contribution in [3.8, 4) is 40.3 Å². The van der Waals surface area contributed by atoms with Gasteiger partial charge in [0.05, 0.1) is 67.4 Å². The van der Waals surface area contributed by atoms with Gasteiger partial charge in [0.15, 0.2) is 0 Å². The van der Waals surface area contributed by atoms with Crippen LogP contribution in [0.3, 0.4) is 0 Å². The molecule has 254 valence electrons. The fraction of sp³-hybridized carbons (Fsp3) is 0. The summed E-state index contributed by atoms with van der Waals surface area (Å²) >= 11 is 0. The number of rotatable bonds is 4. The zero-order valence-electron chi connectivity index (χ0n) is 29.5. The first-order valence-electron chi connectivity index (χ1n) is 18.3. The maximum absolute atomic E-state index is 10.8. The molecular weight excluding hydrogens is 671 g/mol. The third kappa shape index (κ3) is 4.27. The lowest BCUT2D eigenvalue weighted by Gasteiger charge is -2.20. The van der Waals surface area contributed by atoms with E-state index >= 15 is 0 Å². The first-order valence-corrected chi connectivity index (χ1v) is 18.3. The minimum Gasteiger partial charge on any atom is -0.309 e. The highest BCUT2D eigenvalue weighted by Crippen LogP contribution is 2.44. The van der Waals surface area contributed by atoms with Gasteiger partial charge in [0, 0.05) is 43.4 Å². The standard InChI is InChI=1S/C50H29N5/c51-30-32-14-12-27-45(48(32)38-19-4-10-26-44(38)55-42-24-8-3-18-36(42)37-21-11-15-33(31-52)50(37)55)54-43-25-9-5-20-39(43)49-46(28-13-29-47(49)54)53-40-22-6-1-16-34(40)35-17-2-7-23-41(35)53/h1-29H. The van der Waals surface area contributed by atoms with Crippen molar-refractivity contribution < 1.29 is 0 Å². The Hall–Kier alpha value is -7.86. The zero-order chi connectivity index (χ0) is 36.6. The van der Waals surface area contributed by atoms with E-state index in [0.717, 1.165) is 82.8 Å². The number of benzene rings is 8. The van der Waals surface area contributed by atoms with Crippen LogP contribution in [0.25, 0.3) is 93.6 Å². The second kappa shape index (κ2) is 11.8. The molecule has 5 nitrogen and oxygen atoms in total. The molecular formula is C50H29N5. The molecule has 3 heterocycles. The van der Waals surface area contributed by atoms with Gasteiger partial charge in [-0.05, 0) is 60.7 Å². The Morgan fingerprint density at radius 3 is 1.45 bits per heavy atom. The molecule has 0 aliphatic carbocycles. The van der Waals surface area contributed by atoms with Gasteiger partial charge >= 0.3 is 0 Å². The molecule has 0 aliphatic rings. The summed E-state index contributed by atoms with van der Waals surface area (Å²) in [6, 6.07) is 65.8. The molecule has 3 aromatic heterocycles. The molecule has 11 aromatic rings. The number of nitrogens with zero attached hydrogens (tertiary/aromatic N) is 5. The molecule has 55 heavy (non-hydrogen) atoms. The van der Waals surface area contributed by atoms with Crippen LogP contribution in [-0.2, 0) is 0 Å². The van der Waals surface area contributed by atoms with E-state index in [-0.39, 0.29) is 0 Å². The van der Waals surface area contributed by atoms with Gasteiger partial charge in [-0.15, -0.1) is 0 Å². The maximum Gasteiger partial charge on any atom is 0.101 e. The third-order valence-electron chi connectivity index (χ3n) is 11.1. The Morgan fingerprint density at radius 2 is 0.764 bits per heavy atom. The fourth-order valence-corrected chi connectivity index (χ4v) is 8.97. The highest BCUT2D eigenvalue weighted by atomic mass is 15.0. The molecule has 11 rings (SSSR count). The van der Waals surface area contributed by atoms with E-state index in [2.05, 4.69) is 153 Å². The lowest BCUT2D eigenvalue weighted by atomic mass is 9.96. The van der Waals surface area contributed by atoms with Crippen LogP contribution in [0.5, 0.6) is 0 Å². The minimum atomic E-state index is 0.565. The van der Waals surface area contributed by atoms with Gasteiger partial charge in [-0.25, -0.2) is 0 Å². The van der Waals surface area contributed by atoms with E-state index in [1.807, 2.05) is 48.5 Å². The van der Waals surface area contributed by atoms with Crippen LogP contribution in [-0.4, -0.2) is 13.7 Å². The lowest BCUT2D eigenvalue weighted by Crippen LogP contribution is -2.03. The van der Waals surface area contributed by atoms with Crippen molar-refractivity contribution in [3.05, 3.63) is 187 Å². The molecule has 0 unspecified atom stereocenters. The average Bonchev–Trinajstić information content (AvgIpc) is 3.89. The zero-order valence-corrected chi connectivity index (χ0v) is 29.5. The van der Waals surface area contributed by atoms with Crippen molar-refractivity contribution in [1.82, 2.24) is 13.7 Å². The number of aromatic nitrogens is 3. The summed E-state index contributed by atoms with van der Waals surface area (Å²) in [6.07, 6.45) is 0. The smallest absolute Gasteiger partial charge is 0.101 e. The van der Waals surface area contributed by atoms with Gasteiger partial charge in [-0.1, -0.05) is 115 Å².